The lowest BCUT2D eigenvalue weighted by Crippen LogP contribution is -2.34. The molecule has 13 heteroatoms. The van der Waals surface area contributed by atoms with E-state index >= 15 is 0 Å². The van der Waals surface area contributed by atoms with Crippen molar-refractivity contribution in [1.29, 1.82) is 0 Å². The van der Waals surface area contributed by atoms with Gasteiger partial charge >= 0.3 is 11.9 Å². The second kappa shape index (κ2) is 12.8. The fourth-order valence-corrected chi connectivity index (χ4v) is 4.19. The normalized spacial score (nSPS) is 20.6. The number of aliphatic hydroxyl groups excluding tert-OH is 2. The van der Waals surface area contributed by atoms with E-state index in [-0.39, 0.29) is 19.0 Å². The van der Waals surface area contributed by atoms with Crippen molar-refractivity contribution in [2.45, 2.75) is 70.6 Å². The van der Waals surface area contributed by atoms with E-state index in [0.29, 0.717) is 54.3 Å². The Morgan fingerprint density at radius 2 is 1.82 bits per heavy atom. The first-order valence-electron chi connectivity index (χ1n) is 12.8. The predicted octanol–water partition coefficient (Wildman–Crippen LogP) is 2.12. The lowest BCUT2D eigenvalue weighted by molar-refractivity contribution is -0.150. The van der Waals surface area contributed by atoms with Gasteiger partial charge in [-0.05, 0) is 30.5 Å². The number of carbonyl (C=O) groups is 2. The summed E-state index contributed by atoms with van der Waals surface area (Å²) in [6.07, 6.45) is 0.254. The summed E-state index contributed by atoms with van der Waals surface area (Å²) >= 11 is 0. The summed E-state index contributed by atoms with van der Waals surface area (Å²) in [5.41, 5.74) is 1.65. The highest BCUT2D eigenvalue weighted by atomic mass is 16.6. The Morgan fingerprint density at radius 1 is 1.05 bits per heavy atom. The maximum Gasteiger partial charge on any atom is 0.311 e. The van der Waals surface area contributed by atoms with Gasteiger partial charge in [-0.2, -0.15) is 0 Å². The highest BCUT2D eigenvalue weighted by Gasteiger charge is 2.45. The van der Waals surface area contributed by atoms with Crippen LogP contribution in [0.3, 0.4) is 0 Å². The molecule has 3 N–H and O–H groups in total. The lowest BCUT2D eigenvalue weighted by atomic mass is 10.1. The maximum absolute atomic E-state index is 11.9. The Balaban J connectivity index is 1.46. The zero-order chi connectivity index (χ0) is 27.9. The molecule has 0 spiro atoms. The summed E-state index contributed by atoms with van der Waals surface area (Å²) in [5, 5.41) is 24.3. The van der Waals surface area contributed by atoms with Crippen LogP contribution in [-0.2, 0) is 25.6 Å². The number of carbonyl (C=O) groups excluding carboxylic acids is 2. The molecule has 1 aliphatic heterocycles. The number of ether oxygens (including phenoxy) is 4. The van der Waals surface area contributed by atoms with Gasteiger partial charge in [0.15, 0.2) is 34.7 Å². The maximum atomic E-state index is 11.9. The van der Waals surface area contributed by atoms with Crippen LogP contribution in [0, 0.1) is 0 Å². The van der Waals surface area contributed by atoms with Crippen molar-refractivity contribution in [3.05, 3.63) is 36.4 Å². The molecule has 1 fully saturated rings. The first-order chi connectivity index (χ1) is 18.9. The minimum absolute atomic E-state index is 0.179. The Kier molecular flexibility index (Phi) is 9.28. The number of fused-ring (bicyclic) bond motifs is 1. The summed E-state index contributed by atoms with van der Waals surface area (Å²) in [4.78, 5) is 36.5. The monoisotopic (exact) mass is 543 g/mol. The molecule has 4 atom stereocenters. The van der Waals surface area contributed by atoms with Gasteiger partial charge in [0.25, 0.3) is 0 Å². The summed E-state index contributed by atoms with van der Waals surface area (Å²) in [6, 6.07) is 5.24. The smallest absolute Gasteiger partial charge is 0.311 e. The molecule has 0 amide bonds. The van der Waals surface area contributed by atoms with E-state index in [1.54, 1.807) is 18.2 Å². The molecule has 0 bridgehead atoms. The van der Waals surface area contributed by atoms with Crippen molar-refractivity contribution in [2.75, 3.05) is 19.0 Å². The molecule has 1 unspecified atom stereocenters. The van der Waals surface area contributed by atoms with E-state index < -0.39 is 30.5 Å². The van der Waals surface area contributed by atoms with Crippen molar-refractivity contribution < 1.29 is 38.7 Å². The number of hydrogen-bond acceptors (Lipinski definition) is 12. The Labute approximate surface area is 225 Å². The number of benzene rings is 1. The summed E-state index contributed by atoms with van der Waals surface area (Å²) in [7, 11) is 1.50. The van der Waals surface area contributed by atoms with Crippen LogP contribution in [-0.4, -0.2) is 73.7 Å². The fraction of sp³-hybridized carbons (Fsp3) is 0.500. The third-order valence-electron chi connectivity index (χ3n) is 6.20. The van der Waals surface area contributed by atoms with Crippen LogP contribution in [0.1, 0.15) is 51.3 Å². The van der Waals surface area contributed by atoms with Crippen molar-refractivity contribution in [3.63, 3.8) is 0 Å². The third-order valence-corrected chi connectivity index (χ3v) is 6.20. The van der Waals surface area contributed by atoms with Crippen LogP contribution in [0.25, 0.3) is 11.2 Å². The Morgan fingerprint density at radius 3 is 2.56 bits per heavy atom. The molecule has 39 heavy (non-hydrogen) atoms. The predicted molar refractivity (Wildman–Crippen MR) is 138 cm³/mol. The molecule has 1 saturated heterocycles. The van der Waals surface area contributed by atoms with E-state index in [4.69, 9.17) is 18.9 Å². The van der Waals surface area contributed by atoms with E-state index in [1.165, 1.54) is 24.3 Å². The van der Waals surface area contributed by atoms with Gasteiger partial charge in [0.1, 0.15) is 31.2 Å². The van der Waals surface area contributed by atoms with Gasteiger partial charge in [0.05, 0.1) is 13.4 Å². The number of aromatic nitrogens is 4. The molecular weight excluding hydrogens is 510 g/mol. The molecule has 4 rings (SSSR count). The number of nitrogens with one attached hydrogen (secondary N) is 1. The van der Waals surface area contributed by atoms with Gasteiger partial charge in [-0.25, -0.2) is 15.0 Å². The Bertz CT molecular complexity index is 1300. The average Bonchev–Trinajstić information content (AvgIpc) is 3.48. The number of nitrogens with zero attached hydrogens (tertiary/aromatic N) is 4. The second-order valence-corrected chi connectivity index (χ2v) is 9.09. The molecule has 210 valence electrons. The van der Waals surface area contributed by atoms with E-state index in [0.717, 1.165) is 5.56 Å². The minimum Gasteiger partial charge on any atom is -0.493 e. The zero-order valence-electron chi connectivity index (χ0n) is 22.1. The Hall–Kier alpha value is -3.81. The molecule has 1 aromatic carbocycles. The topological polar surface area (TPSA) is 167 Å². The zero-order valence-corrected chi connectivity index (χ0v) is 22.1. The van der Waals surface area contributed by atoms with Crippen LogP contribution in [0.4, 0.5) is 5.82 Å². The second-order valence-electron chi connectivity index (χ2n) is 9.09. The first kappa shape index (κ1) is 28.2. The number of methoxy groups -OCH3 is 1. The van der Waals surface area contributed by atoms with Gasteiger partial charge in [-0.15, -0.1) is 0 Å². The van der Waals surface area contributed by atoms with Gasteiger partial charge in [-0.1, -0.05) is 19.9 Å². The molecule has 13 nitrogen and oxygen atoms in total. The third kappa shape index (κ3) is 6.44. The first-order valence-corrected chi connectivity index (χ1v) is 12.8. The van der Waals surface area contributed by atoms with Crippen LogP contribution < -0.4 is 14.8 Å². The summed E-state index contributed by atoms with van der Waals surface area (Å²) < 4.78 is 23.3. The molecule has 0 saturated carbocycles. The SMILES string of the molecule is CCCC(=O)OC[C@H]1O[C@@H](n2cnc3c(NCc4ccc(OC(=O)CCC)c(OC)c4)ncnc32)C(O)[C@H]1O. The standard InChI is InChI=1S/C26H33N5O8/c1-4-6-19(32)37-12-18-22(34)23(35)26(39-18)31-14-30-21-24(28-13-29-25(21)31)27-11-15-8-9-16(17(10-15)36-3)38-20(33)7-5-2/h8-10,13-14,18,22-23,26,34-35H,4-7,11-12H2,1-3H3,(H,27,28,29)/t18-,22+,23?,26-/m1/s1. The molecule has 3 heterocycles. The highest BCUT2D eigenvalue weighted by molar-refractivity contribution is 5.82. The average molecular weight is 544 g/mol. The summed E-state index contributed by atoms with van der Waals surface area (Å²) in [5.74, 6) is 0.491. The summed E-state index contributed by atoms with van der Waals surface area (Å²) in [6.45, 7) is 3.93. The van der Waals surface area contributed by atoms with Gasteiger partial charge in [0, 0.05) is 19.4 Å². The van der Waals surface area contributed by atoms with Crippen LogP contribution in [0.5, 0.6) is 11.5 Å². The largest absolute Gasteiger partial charge is 0.493 e. The van der Waals surface area contributed by atoms with Crippen molar-refractivity contribution in [2.24, 2.45) is 0 Å². The van der Waals surface area contributed by atoms with Crippen LogP contribution in [0.2, 0.25) is 0 Å². The molecule has 2 aromatic heterocycles. The van der Waals surface area contributed by atoms with Gasteiger partial charge < -0.3 is 34.5 Å². The molecule has 3 aromatic rings. The van der Waals surface area contributed by atoms with E-state index in [9.17, 15) is 19.8 Å². The number of aliphatic hydroxyl groups is 2. The number of anilines is 1. The number of rotatable bonds is 12. The molecular formula is C26H33N5O8. The number of hydrogen-bond donors (Lipinski definition) is 3. The van der Waals surface area contributed by atoms with E-state index in [2.05, 4.69) is 20.3 Å². The highest BCUT2D eigenvalue weighted by Crippen LogP contribution is 2.33. The van der Waals surface area contributed by atoms with E-state index in [1.807, 2.05) is 13.8 Å². The van der Waals surface area contributed by atoms with Gasteiger partial charge in [-0.3, -0.25) is 14.2 Å². The van der Waals surface area contributed by atoms with Crippen LogP contribution >= 0.6 is 0 Å². The fourth-order valence-electron chi connectivity index (χ4n) is 4.19. The molecule has 1 aliphatic rings. The minimum atomic E-state index is -1.29. The molecule has 0 radical (unpaired) electrons. The van der Waals surface area contributed by atoms with Crippen LogP contribution in [0.15, 0.2) is 30.9 Å². The van der Waals surface area contributed by atoms with Crippen molar-refractivity contribution >= 4 is 28.9 Å². The van der Waals surface area contributed by atoms with Crippen molar-refractivity contribution in [3.8, 4) is 11.5 Å². The molecule has 0 aliphatic carbocycles. The number of imidazole rings is 1. The quantitative estimate of drug-likeness (QED) is 0.225. The number of esters is 2. The lowest BCUT2D eigenvalue weighted by Gasteiger charge is -2.16. The van der Waals surface area contributed by atoms with Gasteiger partial charge in [0.2, 0.25) is 0 Å². The van der Waals surface area contributed by atoms with Crippen molar-refractivity contribution in [1.82, 2.24) is 19.5 Å².